The van der Waals surface area contributed by atoms with Gasteiger partial charge in [-0.2, -0.15) is 0 Å². The average Bonchev–Trinajstić information content (AvgIpc) is 2.66. The first kappa shape index (κ1) is 16.5. The van der Waals surface area contributed by atoms with Gasteiger partial charge < -0.3 is 10.6 Å². The Morgan fingerprint density at radius 2 is 1.52 bits per heavy atom. The summed E-state index contributed by atoms with van der Waals surface area (Å²) in [5, 5.41) is 5.98. The van der Waals surface area contributed by atoms with Crippen molar-refractivity contribution in [1.29, 1.82) is 0 Å². The van der Waals surface area contributed by atoms with Gasteiger partial charge in [-0.15, -0.1) is 0 Å². The molecule has 3 rings (SSSR count). The number of nitrogens with zero attached hydrogens (tertiary/aromatic N) is 4. The first-order valence-electron chi connectivity index (χ1n) is 7.86. The highest BCUT2D eigenvalue weighted by atomic mass is 16.1. The maximum atomic E-state index is 12.3. The van der Waals surface area contributed by atoms with Gasteiger partial charge in [-0.05, 0) is 48.4 Å². The Bertz CT molecular complexity index is 839. The fourth-order valence-electron chi connectivity index (χ4n) is 2.22. The second-order valence-electron chi connectivity index (χ2n) is 5.47. The Morgan fingerprint density at radius 3 is 2.16 bits per heavy atom. The highest BCUT2D eigenvalue weighted by Gasteiger charge is 2.10. The molecule has 3 heterocycles. The van der Waals surface area contributed by atoms with Crippen molar-refractivity contribution in [3.05, 3.63) is 77.6 Å². The molecule has 3 aromatic rings. The second kappa shape index (κ2) is 7.96. The van der Waals surface area contributed by atoms with Crippen molar-refractivity contribution in [2.24, 2.45) is 0 Å². The Hall–Kier alpha value is -3.35. The summed E-state index contributed by atoms with van der Waals surface area (Å²) in [5.41, 5.74) is 3.09. The predicted molar refractivity (Wildman–Crippen MR) is 93.7 cm³/mol. The van der Waals surface area contributed by atoms with E-state index in [-0.39, 0.29) is 5.91 Å². The fraction of sp³-hybridized carbons (Fsp3) is 0.167. The maximum absolute atomic E-state index is 12.3. The number of pyridine rings is 2. The van der Waals surface area contributed by atoms with Crippen LogP contribution in [0.25, 0.3) is 0 Å². The molecule has 7 heteroatoms. The van der Waals surface area contributed by atoms with Crippen molar-refractivity contribution in [3.8, 4) is 0 Å². The van der Waals surface area contributed by atoms with Crippen LogP contribution in [0.1, 0.15) is 27.3 Å². The van der Waals surface area contributed by atoms with Crippen LogP contribution in [0, 0.1) is 6.92 Å². The van der Waals surface area contributed by atoms with Crippen molar-refractivity contribution in [2.45, 2.75) is 20.0 Å². The first-order valence-corrected chi connectivity index (χ1v) is 7.86. The Morgan fingerprint density at radius 1 is 0.920 bits per heavy atom. The molecule has 0 atom stereocenters. The lowest BCUT2D eigenvalue weighted by Crippen LogP contribution is -2.24. The molecular formula is C18H18N6O. The Kier molecular flexibility index (Phi) is 5.26. The van der Waals surface area contributed by atoms with Crippen LogP contribution in [0.4, 0.5) is 5.95 Å². The smallest absolute Gasteiger partial charge is 0.270 e. The van der Waals surface area contributed by atoms with Crippen LogP contribution in [0.15, 0.2) is 55.1 Å². The van der Waals surface area contributed by atoms with Gasteiger partial charge in [0.15, 0.2) is 0 Å². The topological polar surface area (TPSA) is 92.7 Å². The minimum absolute atomic E-state index is 0.241. The Labute approximate surface area is 145 Å². The number of carbonyl (C=O) groups is 1. The second-order valence-corrected chi connectivity index (χ2v) is 5.47. The lowest BCUT2D eigenvalue weighted by atomic mass is 10.2. The van der Waals surface area contributed by atoms with Gasteiger partial charge in [-0.3, -0.25) is 14.8 Å². The molecule has 0 saturated carbocycles. The summed E-state index contributed by atoms with van der Waals surface area (Å²) in [6.07, 6.45) is 6.84. The largest absolute Gasteiger partial charge is 0.350 e. The molecule has 0 radical (unpaired) electrons. The van der Waals surface area contributed by atoms with E-state index in [2.05, 4.69) is 30.6 Å². The molecule has 0 aliphatic rings. The van der Waals surface area contributed by atoms with E-state index < -0.39 is 0 Å². The number of hydrogen-bond donors (Lipinski definition) is 2. The number of rotatable bonds is 6. The van der Waals surface area contributed by atoms with Crippen LogP contribution in [0.2, 0.25) is 0 Å². The normalized spacial score (nSPS) is 10.3. The summed E-state index contributed by atoms with van der Waals surface area (Å²) in [6, 6.07) is 9.19. The molecule has 2 N–H and O–H groups in total. The maximum Gasteiger partial charge on any atom is 0.270 e. The zero-order valence-corrected chi connectivity index (χ0v) is 13.8. The van der Waals surface area contributed by atoms with Crippen LogP contribution in [0.5, 0.6) is 0 Å². The van der Waals surface area contributed by atoms with Crippen LogP contribution >= 0.6 is 0 Å². The number of nitrogens with one attached hydrogen (secondary N) is 2. The highest BCUT2D eigenvalue weighted by molar-refractivity contribution is 5.92. The zero-order valence-electron chi connectivity index (χ0n) is 13.8. The van der Waals surface area contributed by atoms with Gasteiger partial charge in [-0.1, -0.05) is 0 Å². The summed E-state index contributed by atoms with van der Waals surface area (Å²) in [7, 11) is 0. The third-order valence-corrected chi connectivity index (χ3v) is 3.49. The fourth-order valence-corrected chi connectivity index (χ4v) is 2.22. The molecule has 126 valence electrons. The minimum Gasteiger partial charge on any atom is -0.350 e. The van der Waals surface area contributed by atoms with Crippen molar-refractivity contribution in [2.75, 3.05) is 5.32 Å². The summed E-state index contributed by atoms with van der Waals surface area (Å²) in [6.45, 7) is 2.81. The van der Waals surface area contributed by atoms with Crippen molar-refractivity contribution < 1.29 is 4.79 Å². The van der Waals surface area contributed by atoms with E-state index >= 15 is 0 Å². The number of hydrogen-bond acceptors (Lipinski definition) is 6. The number of anilines is 1. The lowest BCUT2D eigenvalue weighted by molar-refractivity contribution is 0.0945. The molecule has 0 aliphatic carbocycles. The van der Waals surface area contributed by atoms with Crippen molar-refractivity contribution >= 4 is 11.9 Å². The average molecular weight is 334 g/mol. The summed E-state index contributed by atoms with van der Waals surface area (Å²) < 4.78 is 0. The molecule has 0 unspecified atom stereocenters. The molecule has 3 aromatic heterocycles. The van der Waals surface area contributed by atoms with Crippen LogP contribution < -0.4 is 10.6 Å². The van der Waals surface area contributed by atoms with Gasteiger partial charge >= 0.3 is 0 Å². The molecule has 0 spiro atoms. The van der Waals surface area contributed by atoms with E-state index in [0.717, 1.165) is 16.8 Å². The van der Waals surface area contributed by atoms with Crippen LogP contribution in [-0.2, 0) is 13.1 Å². The molecular weight excluding hydrogens is 316 g/mol. The number of carbonyl (C=O) groups excluding carboxylic acids is 1. The first-order chi connectivity index (χ1) is 12.2. The van der Waals surface area contributed by atoms with Gasteiger partial charge in [0.05, 0.1) is 0 Å². The zero-order chi connectivity index (χ0) is 17.5. The minimum atomic E-state index is -0.241. The molecule has 0 aliphatic heterocycles. The van der Waals surface area contributed by atoms with Crippen LogP contribution in [0.3, 0.4) is 0 Å². The quantitative estimate of drug-likeness (QED) is 0.717. The molecule has 25 heavy (non-hydrogen) atoms. The molecule has 0 aromatic carbocycles. The third kappa shape index (κ3) is 4.81. The third-order valence-electron chi connectivity index (χ3n) is 3.49. The van der Waals surface area contributed by atoms with Crippen molar-refractivity contribution in [3.63, 3.8) is 0 Å². The predicted octanol–water partition coefficient (Wildman–Crippen LogP) is 2.12. The molecule has 0 fully saturated rings. The summed E-state index contributed by atoms with van der Waals surface area (Å²) >= 11 is 0. The van der Waals surface area contributed by atoms with Gasteiger partial charge in [0.2, 0.25) is 5.95 Å². The molecule has 1 amide bonds. The highest BCUT2D eigenvalue weighted by Crippen LogP contribution is 2.07. The Balaban J connectivity index is 1.65. The van der Waals surface area contributed by atoms with Crippen molar-refractivity contribution in [1.82, 2.24) is 25.3 Å². The molecule has 7 nitrogen and oxygen atoms in total. The lowest BCUT2D eigenvalue weighted by Gasteiger charge is -2.09. The van der Waals surface area contributed by atoms with Crippen LogP contribution in [-0.4, -0.2) is 25.8 Å². The standard InChI is InChI=1S/C18H18N6O/c1-13-10-16(17(25)21-11-14-2-6-19-7-3-14)24-18(23-13)22-12-15-4-8-20-9-5-15/h2-10H,11-12H2,1H3,(H,21,25)(H,22,23,24). The summed E-state index contributed by atoms with van der Waals surface area (Å²) in [4.78, 5) is 28.9. The van der Waals surface area contributed by atoms with Gasteiger partial charge in [-0.25, -0.2) is 9.97 Å². The van der Waals surface area contributed by atoms with E-state index in [1.165, 1.54) is 0 Å². The van der Waals surface area contributed by atoms with E-state index in [1.807, 2.05) is 31.2 Å². The van der Waals surface area contributed by atoms with E-state index in [1.54, 1.807) is 30.9 Å². The monoisotopic (exact) mass is 334 g/mol. The number of aromatic nitrogens is 4. The van der Waals surface area contributed by atoms with E-state index in [4.69, 9.17) is 0 Å². The number of aryl methyl sites for hydroxylation is 1. The summed E-state index contributed by atoms with van der Waals surface area (Å²) in [5.74, 6) is 0.181. The molecule has 0 saturated heterocycles. The number of amides is 1. The van der Waals surface area contributed by atoms with Gasteiger partial charge in [0.1, 0.15) is 5.69 Å². The van der Waals surface area contributed by atoms with Gasteiger partial charge in [0.25, 0.3) is 5.91 Å². The van der Waals surface area contributed by atoms with E-state index in [9.17, 15) is 4.79 Å². The molecule has 0 bridgehead atoms. The SMILES string of the molecule is Cc1cc(C(=O)NCc2ccncc2)nc(NCc2ccncc2)n1. The van der Waals surface area contributed by atoms with E-state index in [0.29, 0.717) is 24.7 Å². The van der Waals surface area contributed by atoms with Gasteiger partial charge in [0, 0.05) is 43.6 Å².